The van der Waals surface area contributed by atoms with Crippen LogP contribution in [0.5, 0.6) is 0 Å². The Balaban J connectivity index is 2.08. The third-order valence-electron chi connectivity index (χ3n) is 3.42. The summed E-state index contributed by atoms with van der Waals surface area (Å²) in [6, 6.07) is 9.34. The second kappa shape index (κ2) is 6.87. The number of hydrogen-bond donors (Lipinski definition) is 2. The van der Waals surface area contributed by atoms with Crippen LogP contribution in [0.4, 0.5) is 11.6 Å². The third kappa shape index (κ3) is 3.22. The van der Waals surface area contributed by atoms with Gasteiger partial charge in [0.05, 0.1) is 5.69 Å². The van der Waals surface area contributed by atoms with Crippen molar-refractivity contribution in [3.8, 4) is 11.3 Å². The summed E-state index contributed by atoms with van der Waals surface area (Å²) in [7, 11) is 0. The van der Waals surface area contributed by atoms with Gasteiger partial charge in [0.2, 0.25) is 11.9 Å². The minimum atomic E-state index is -0.255. The van der Waals surface area contributed by atoms with E-state index in [4.69, 9.17) is 0 Å². The molecule has 0 aliphatic carbocycles. The van der Waals surface area contributed by atoms with E-state index in [2.05, 4.69) is 32.2 Å². The Kier molecular flexibility index (Phi) is 4.47. The molecule has 2 N–H and O–H groups in total. The quantitative estimate of drug-likeness (QED) is 0.706. The van der Waals surface area contributed by atoms with Gasteiger partial charge in [0.15, 0.2) is 0 Å². The minimum Gasteiger partial charge on any atom is -0.354 e. The van der Waals surface area contributed by atoms with Gasteiger partial charge in [-0.25, -0.2) is 9.97 Å². The number of amides is 1. The van der Waals surface area contributed by atoms with Gasteiger partial charge >= 0.3 is 0 Å². The van der Waals surface area contributed by atoms with Crippen LogP contribution in [0.1, 0.15) is 6.92 Å². The molecule has 0 radical (unpaired) electrons. The molecule has 0 aliphatic rings. The molecule has 3 aromatic rings. The molecule has 1 amide bonds. The Morgan fingerprint density at radius 1 is 1.29 bits per heavy atom. The normalized spacial score (nSPS) is 10.4. The molecule has 0 aliphatic heterocycles. The van der Waals surface area contributed by atoms with Crippen molar-refractivity contribution in [1.29, 1.82) is 0 Å². The van der Waals surface area contributed by atoms with Crippen molar-refractivity contribution in [2.24, 2.45) is 0 Å². The second-order valence-corrected chi connectivity index (χ2v) is 5.10. The average Bonchev–Trinajstić information content (AvgIpc) is 2.61. The smallest absolute Gasteiger partial charge is 0.247 e. The summed E-state index contributed by atoms with van der Waals surface area (Å²) in [4.78, 5) is 24.8. The number of nitrogens with one attached hydrogen (secondary N) is 2. The molecule has 2 aromatic heterocycles. The number of hydrogen-bond acceptors (Lipinski definition) is 5. The van der Waals surface area contributed by atoms with Gasteiger partial charge in [0.25, 0.3) is 0 Å². The van der Waals surface area contributed by atoms with Crippen LogP contribution in [0.2, 0.25) is 0 Å². The Hall–Kier alpha value is -3.28. The number of benzene rings is 1. The molecule has 1 aromatic carbocycles. The van der Waals surface area contributed by atoms with E-state index in [-0.39, 0.29) is 5.91 Å². The van der Waals surface area contributed by atoms with Crippen LogP contribution in [0.3, 0.4) is 0 Å². The summed E-state index contributed by atoms with van der Waals surface area (Å²) >= 11 is 0. The fraction of sp³-hybridized carbons (Fsp3) is 0.111. The number of aromatic nitrogens is 3. The fourth-order valence-corrected chi connectivity index (χ4v) is 2.35. The molecule has 2 heterocycles. The summed E-state index contributed by atoms with van der Waals surface area (Å²) in [6.07, 6.45) is 4.73. The molecular formula is C18H17N5O. The number of carbonyl (C=O) groups is 1. The highest BCUT2D eigenvalue weighted by Gasteiger charge is 2.09. The largest absolute Gasteiger partial charge is 0.354 e. The minimum absolute atomic E-state index is 0.255. The van der Waals surface area contributed by atoms with Crippen molar-refractivity contribution in [1.82, 2.24) is 15.0 Å². The molecule has 3 rings (SSSR count). The zero-order chi connectivity index (χ0) is 16.9. The average molecular weight is 319 g/mol. The molecule has 0 fully saturated rings. The Bertz CT molecular complexity index is 907. The number of carbonyl (C=O) groups excluding carboxylic acids is 1. The van der Waals surface area contributed by atoms with E-state index in [1.54, 1.807) is 12.4 Å². The molecule has 0 atom stereocenters. The summed E-state index contributed by atoms with van der Waals surface area (Å²) in [5.74, 6) is 0.310. The highest BCUT2D eigenvalue weighted by Crippen LogP contribution is 2.27. The van der Waals surface area contributed by atoms with Crippen LogP contribution in [0.25, 0.3) is 22.2 Å². The first-order valence-electron chi connectivity index (χ1n) is 7.60. The predicted octanol–water partition coefficient (Wildman–Crippen LogP) is 3.25. The molecule has 6 heteroatoms. The first kappa shape index (κ1) is 15.6. The van der Waals surface area contributed by atoms with Crippen molar-refractivity contribution in [3.63, 3.8) is 0 Å². The first-order chi connectivity index (χ1) is 11.7. The predicted molar refractivity (Wildman–Crippen MR) is 95.8 cm³/mol. The van der Waals surface area contributed by atoms with E-state index in [1.807, 2.05) is 37.3 Å². The first-order valence-corrected chi connectivity index (χ1v) is 7.60. The molecule has 6 nitrogen and oxygen atoms in total. The Morgan fingerprint density at radius 3 is 2.96 bits per heavy atom. The van der Waals surface area contributed by atoms with Crippen LogP contribution in [0, 0.1) is 0 Å². The number of pyridine rings is 1. The SMILES string of the molecule is C=CC(=O)Nc1cccc(-c2nccc3cnc(NCC)nc23)c1. The zero-order valence-corrected chi connectivity index (χ0v) is 13.3. The van der Waals surface area contributed by atoms with Crippen LogP contribution in [-0.2, 0) is 4.79 Å². The summed E-state index contributed by atoms with van der Waals surface area (Å²) in [6.45, 7) is 6.19. The van der Waals surface area contributed by atoms with Crippen molar-refractivity contribution >= 4 is 28.4 Å². The molecule has 0 saturated heterocycles. The molecule has 0 saturated carbocycles. The van der Waals surface area contributed by atoms with Gasteiger partial charge in [-0.05, 0) is 31.2 Å². The molecule has 0 spiro atoms. The van der Waals surface area contributed by atoms with Crippen molar-refractivity contribution in [2.75, 3.05) is 17.2 Å². The number of fused-ring (bicyclic) bond motifs is 1. The van der Waals surface area contributed by atoms with Gasteiger partial charge in [-0.3, -0.25) is 9.78 Å². The van der Waals surface area contributed by atoms with E-state index < -0.39 is 0 Å². The van der Waals surface area contributed by atoms with Gasteiger partial charge in [0.1, 0.15) is 5.52 Å². The Morgan fingerprint density at radius 2 is 2.17 bits per heavy atom. The van der Waals surface area contributed by atoms with Gasteiger partial charge in [0, 0.05) is 35.6 Å². The molecule has 120 valence electrons. The maximum absolute atomic E-state index is 11.5. The number of rotatable bonds is 5. The van der Waals surface area contributed by atoms with E-state index in [1.165, 1.54) is 6.08 Å². The van der Waals surface area contributed by atoms with Crippen LogP contribution < -0.4 is 10.6 Å². The van der Waals surface area contributed by atoms with Crippen molar-refractivity contribution in [3.05, 3.63) is 55.4 Å². The second-order valence-electron chi connectivity index (χ2n) is 5.10. The van der Waals surface area contributed by atoms with E-state index in [0.29, 0.717) is 11.6 Å². The highest BCUT2D eigenvalue weighted by molar-refractivity contribution is 5.99. The van der Waals surface area contributed by atoms with Crippen molar-refractivity contribution < 1.29 is 4.79 Å². The lowest BCUT2D eigenvalue weighted by atomic mass is 10.1. The molecule has 0 bridgehead atoms. The lowest BCUT2D eigenvalue weighted by Crippen LogP contribution is -2.07. The maximum Gasteiger partial charge on any atom is 0.247 e. The maximum atomic E-state index is 11.5. The zero-order valence-electron chi connectivity index (χ0n) is 13.3. The Labute approximate surface area is 139 Å². The lowest BCUT2D eigenvalue weighted by Gasteiger charge is -2.09. The molecule has 24 heavy (non-hydrogen) atoms. The summed E-state index contributed by atoms with van der Waals surface area (Å²) in [5.41, 5.74) is 3.04. The van der Waals surface area contributed by atoms with E-state index in [9.17, 15) is 4.79 Å². The standard InChI is InChI=1S/C18H17N5O/c1-3-15(24)22-14-7-5-6-12(10-14)16-17-13(8-9-20-16)11-21-18(23-17)19-4-2/h3,5-11H,1,4H2,2H3,(H,22,24)(H,19,21,23). The topological polar surface area (TPSA) is 79.8 Å². The van der Waals surface area contributed by atoms with E-state index >= 15 is 0 Å². The van der Waals surface area contributed by atoms with Gasteiger partial charge < -0.3 is 10.6 Å². The van der Waals surface area contributed by atoms with Gasteiger partial charge in [-0.15, -0.1) is 0 Å². The highest BCUT2D eigenvalue weighted by atomic mass is 16.1. The van der Waals surface area contributed by atoms with Gasteiger partial charge in [-0.2, -0.15) is 0 Å². The number of nitrogens with zero attached hydrogens (tertiary/aromatic N) is 3. The van der Waals surface area contributed by atoms with Crippen LogP contribution in [-0.4, -0.2) is 27.4 Å². The summed E-state index contributed by atoms with van der Waals surface area (Å²) < 4.78 is 0. The number of anilines is 2. The van der Waals surface area contributed by atoms with Crippen LogP contribution in [0.15, 0.2) is 55.4 Å². The third-order valence-corrected chi connectivity index (χ3v) is 3.42. The van der Waals surface area contributed by atoms with E-state index in [0.717, 1.165) is 28.7 Å². The van der Waals surface area contributed by atoms with Gasteiger partial charge in [-0.1, -0.05) is 18.7 Å². The fourth-order valence-electron chi connectivity index (χ4n) is 2.35. The molecular weight excluding hydrogens is 302 g/mol. The van der Waals surface area contributed by atoms with Crippen LogP contribution >= 0.6 is 0 Å². The molecule has 0 unspecified atom stereocenters. The van der Waals surface area contributed by atoms with Crippen molar-refractivity contribution in [2.45, 2.75) is 6.92 Å². The monoisotopic (exact) mass is 319 g/mol. The lowest BCUT2D eigenvalue weighted by molar-refractivity contribution is -0.111. The summed E-state index contributed by atoms with van der Waals surface area (Å²) in [5, 5.41) is 6.76.